The smallest absolute Gasteiger partial charge is 0.340 e. The van der Waals surface area contributed by atoms with Crippen molar-refractivity contribution in [1.29, 1.82) is 0 Å². The van der Waals surface area contributed by atoms with Crippen molar-refractivity contribution in [3.63, 3.8) is 0 Å². The highest BCUT2D eigenvalue weighted by molar-refractivity contribution is 5.92. The highest BCUT2D eigenvalue weighted by atomic mass is 16.4. The van der Waals surface area contributed by atoms with Gasteiger partial charge >= 0.3 is 5.63 Å². The Morgan fingerprint density at radius 2 is 2.26 bits per heavy atom. The molecule has 0 unspecified atom stereocenters. The summed E-state index contributed by atoms with van der Waals surface area (Å²) in [5.41, 5.74) is -0.754. The van der Waals surface area contributed by atoms with Crippen molar-refractivity contribution in [1.82, 2.24) is 20.1 Å². The van der Waals surface area contributed by atoms with Crippen LogP contribution in [0.1, 0.15) is 22.3 Å². The normalized spacial score (nSPS) is 15.3. The van der Waals surface area contributed by atoms with Crippen LogP contribution in [0, 0.1) is 0 Å². The first-order valence-electron chi connectivity index (χ1n) is 5.62. The third-order valence-corrected chi connectivity index (χ3v) is 2.96. The molecule has 0 bridgehead atoms. The summed E-state index contributed by atoms with van der Waals surface area (Å²) in [5.74, 6) is -0.0476. The van der Waals surface area contributed by atoms with Crippen molar-refractivity contribution in [3.8, 4) is 5.75 Å². The molecule has 1 amide bonds. The van der Waals surface area contributed by atoms with E-state index >= 15 is 0 Å². The Bertz CT molecular complexity index is 658. The predicted molar refractivity (Wildman–Crippen MR) is 61.7 cm³/mol. The molecule has 1 fully saturated rings. The summed E-state index contributed by atoms with van der Waals surface area (Å²) in [6.45, 7) is 0.931. The van der Waals surface area contributed by atoms with Gasteiger partial charge < -0.3 is 14.4 Å². The van der Waals surface area contributed by atoms with Gasteiger partial charge in [-0.2, -0.15) is 5.10 Å². The Morgan fingerprint density at radius 1 is 1.47 bits per heavy atom. The molecular formula is C11H10N4O4. The number of aromatic hydroxyl groups is 1. The summed E-state index contributed by atoms with van der Waals surface area (Å²) in [6.07, 6.45) is 1.41. The minimum absolute atomic E-state index is 0.107. The summed E-state index contributed by atoms with van der Waals surface area (Å²) >= 11 is 0. The number of carbonyl (C=O) groups is 1. The van der Waals surface area contributed by atoms with Gasteiger partial charge in [-0.25, -0.2) is 9.78 Å². The number of H-pyrrole nitrogens is 1. The van der Waals surface area contributed by atoms with Gasteiger partial charge in [0.25, 0.3) is 5.91 Å². The molecule has 3 heterocycles. The first-order chi connectivity index (χ1) is 9.13. The number of amides is 1. The first-order valence-corrected chi connectivity index (χ1v) is 5.62. The van der Waals surface area contributed by atoms with E-state index in [9.17, 15) is 14.7 Å². The number of likely N-dealkylation sites (tertiary alicyclic amines) is 1. The molecule has 0 spiro atoms. The van der Waals surface area contributed by atoms with Gasteiger partial charge in [0.1, 0.15) is 17.9 Å². The van der Waals surface area contributed by atoms with Crippen LogP contribution in [0.3, 0.4) is 0 Å². The number of aromatic amines is 1. The second kappa shape index (κ2) is 4.23. The van der Waals surface area contributed by atoms with Crippen molar-refractivity contribution < 1.29 is 14.3 Å². The molecule has 3 rings (SSSR count). The Hall–Kier alpha value is -2.64. The van der Waals surface area contributed by atoms with Gasteiger partial charge in [-0.1, -0.05) is 0 Å². The van der Waals surface area contributed by atoms with Crippen molar-refractivity contribution in [2.75, 3.05) is 13.1 Å². The molecule has 0 atom stereocenters. The zero-order chi connectivity index (χ0) is 13.4. The van der Waals surface area contributed by atoms with Crippen LogP contribution in [-0.4, -0.2) is 44.2 Å². The highest BCUT2D eigenvalue weighted by Crippen LogP contribution is 2.25. The molecule has 1 aliphatic heterocycles. The summed E-state index contributed by atoms with van der Waals surface area (Å²) < 4.78 is 4.76. The zero-order valence-electron chi connectivity index (χ0n) is 9.74. The van der Waals surface area contributed by atoms with Crippen LogP contribution >= 0.6 is 0 Å². The maximum atomic E-state index is 12.0. The molecule has 0 aromatic carbocycles. The number of rotatable bonds is 2. The number of nitrogens with one attached hydrogen (secondary N) is 1. The number of carbonyl (C=O) groups excluding carboxylic acids is 1. The van der Waals surface area contributed by atoms with Crippen molar-refractivity contribution in [2.24, 2.45) is 0 Å². The average Bonchev–Trinajstić information content (AvgIpc) is 2.79. The second-order valence-electron chi connectivity index (χ2n) is 4.28. The van der Waals surface area contributed by atoms with E-state index in [0.717, 1.165) is 18.0 Å². The quantitative estimate of drug-likeness (QED) is 0.768. The molecule has 19 heavy (non-hydrogen) atoms. The van der Waals surface area contributed by atoms with Gasteiger partial charge in [-0.15, -0.1) is 0 Å². The zero-order valence-corrected chi connectivity index (χ0v) is 9.74. The summed E-state index contributed by atoms with van der Waals surface area (Å²) in [5, 5.41) is 15.8. The minimum Gasteiger partial charge on any atom is -0.508 e. The molecular weight excluding hydrogens is 252 g/mol. The monoisotopic (exact) mass is 262 g/mol. The van der Waals surface area contributed by atoms with E-state index in [-0.39, 0.29) is 17.4 Å². The lowest BCUT2D eigenvalue weighted by molar-refractivity contribution is 0.0556. The fourth-order valence-corrected chi connectivity index (χ4v) is 1.95. The van der Waals surface area contributed by atoms with Crippen LogP contribution in [0.25, 0.3) is 0 Å². The molecule has 2 aromatic heterocycles. The predicted octanol–water partition coefficient (Wildman–Crippen LogP) is -0.297. The number of hydrogen-bond donors (Lipinski definition) is 2. The maximum Gasteiger partial charge on any atom is 0.340 e. The molecule has 98 valence electrons. The van der Waals surface area contributed by atoms with Crippen LogP contribution in [0.4, 0.5) is 0 Å². The Labute approximate surface area is 106 Å². The van der Waals surface area contributed by atoms with E-state index < -0.39 is 11.5 Å². The van der Waals surface area contributed by atoms with Crippen LogP contribution < -0.4 is 5.63 Å². The second-order valence-corrected chi connectivity index (χ2v) is 4.28. The van der Waals surface area contributed by atoms with Crippen molar-refractivity contribution >= 4 is 5.91 Å². The third kappa shape index (κ3) is 2.07. The largest absolute Gasteiger partial charge is 0.508 e. The average molecular weight is 262 g/mol. The van der Waals surface area contributed by atoms with E-state index in [2.05, 4.69) is 15.2 Å². The third-order valence-electron chi connectivity index (χ3n) is 2.96. The lowest BCUT2D eigenvalue weighted by Crippen LogP contribution is -2.49. The van der Waals surface area contributed by atoms with E-state index in [0.29, 0.717) is 13.1 Å². The van der Waals surface area contributed by atoms with E-state index in [1.165, 1.54) is 11.2 Å². The molecule has 8 heteroatoms. The molecule has 0 saturated carbocycles. The molecule has 1 aliphatic rings. The SMILES string of the molecule is O=C(c1cc(O)cc(=O)o1)N1CC(c2ncn[nH]2)C1. The number of nitrogens with zero attached hydrogens (tertiary/aromatic N) is 3. The number of hydrogen-bond acceptors (Lipinski definition) is 6. The van der Waals surface area contributed by atoms with E-state index in [1.54, 1.807) is 0 Å². The molecule has 1 saturated heterocycles. The van der Waals surface area contributed by atoms with Gasteiger partial charge in [0.15, 0.2) is 5.76 Å². The van der Waals surface area contributed by atoms with Gasteiger partial charge in [0.05, 0.1) is 12.0 Å². The standard InChI is InChI=1S/C11H10N4O4/c16-7-1-8(19-9(17)2-7)11(18)15-3-6(4-15)10-12-5-13-14-10/h1-2,5-6,16H,3-4H2,(H,12,13,14). The van der Waals surface area contributed by atoms with Crippen molar-refractivity contribution in [2.45, 2.75) is 5.92 Å². The minimum atomic E-state index is -0.754. The Morgan fingerprint density at radius 3 is 2.89 bits per heavy atom. The summed E-state index contributed by atoms with van der Waals surface area (Å²) in [7, 11) is 0. The number of aromatic nitrogens is 3. The van der Waals surface area contributed by atoms with Crippen LogP contribution in [0.5, 0.6) is 5.75 Å². The molecule has 0 aliphatic carbocycles. The molecule has 0 radical (unpaired) electrons. The van der Waals surface area contributed by atoms with E-state index in [4.69, 9.17) is 4.42 Å². The van der Waals surface area contributed by atoms with Crippen LogP contribution in [-0.2, 0) is 0 Å². The lowest BCUT2D eigenvalue weighted by Gasteiger charge is -2.37. The fourth-order valence-electron chi connectivity index (χ4n) is 1.95. The van der Waals surface area contributed by atoms with E-state index in [1.807, 2.05) is 0 Å². The van der Waals surface area contributed by atoms with Gasteiger partial charge in [-0.05, 0) is 0 Å². The first kappa shape index (κ1) is 11.5. The van der Waals surface area contributed by atoms with Crippen LogP contribution in [0.15, 0.2) is 27.7 Å². The highest BCUT2D eigenvalue weighted by Gasteiger charge is 2.35. The fraction of sp³-hybridized carbons (Fsp3) is 0.273. The lowest BCUT2D eigenvalue weighted by atomic mass is 9.99. The Kier molecular flexibility index (Phi) is 2.55. The van der Waals surface area contributed by atoms with Crippen molar-refractivity contribution in [3.05, 3.63) is 40.5 Å². The summed E-state index contributed by atoms with van der Waals surface area (Å²) in [4.78, 5) is 28.6. The maximum absolute atomic E-state index is 12.0. The topological polar surface area (TPSA) is 112 Å². The van der Waals surface area contributed by atoms with Gasteiger partial charge in [0.2, 0.25) is 0 Å². The van der Waals surface area contributed by atoms with Gasteiger partial charge in [-0.3, -0.25) is 9.89 Å². The molecule has 2 N–H and O–H groups in total. The molecule has 8 nitrogen and oxygen atoms in total. The summed E-state index contributed by atoms with van der Waals surface area (Å²) in [6, 6.07) is 2.04. The molecule has 2 aromatic rings. The van der Waals surface area contributed by atoms with Crippen LogP contribution in [0.2, 0.25) is 0 Å². The van der Waals surface area contributed by atoms with Gasteiger partial charge in [0, 0.05) is 19.2 Å². The Balaban J connectivity index is 1.71.